The van der Waals surface area contributed by atoms with E-state index in [0.717, 1.165) is 0 Å². The molecular weight excluding hydrogens is 286 g/mol. The third-order valence-corrected chi connectivity index (χ3v) is 4.39. The van der Waals surface area contributed by atoms with Gasteiger partial charge in [0.05, 0.1) is 11.7 Å². The van der Waals surface area contributed by atoms with Crippen molar-refractivity contribution in [1.82, 2.24) is 15.3 Å². The molecule has 0 atom stereocenters. The van der Waals surface area contributed by atoms with E-state index in [1.165, 1.54) is 6.33 Å². The molecule has 0 bridgehead atoms. The molecule has 0 spiro atoms. The third kappa shape index (κ3) is 3.18. The molecule has 1 aromatic heterocycles. The van der Waals surface area contributed by atoms with Crippen molar-refractivity contribution < 1.29 is 19.5 Å². The van der Waals surface area contributed by atoms with Crippen LogP contribution in [0.5, 0.6) is 0 Å². The van der Waals surface area contributed by atoms with Crippen molar-refractivity contribution in [2.24, 2.45) is 5.41 Å². The molecule has 7 nitrogen and oxygen atoms in total. The number of imidazole rings is 1. The number of carboxylic acid groups (broad SMARTS) is 1. The van der Waals surface area contributed by atoms with Gasteiger partial charge in [-0.05, 0) is 32.6 Å². The molecule has 1 amide bonds. The first-order valence-corrected chi connectivity index (χ1v) is 7.48. The Morgan fingerprint density at radius 3 is 2.59 bits per heavy atom. The molecule has 1 heterocycles. The fourth-order valence-corrected chi connectivity index (χ4v) is 2.72. The number of carboxylic acids is 1. The molecule has 0 unspecified atom stereocenters. The second-order valence-electron chi connectivity index (χ2n) is 6.02. The fraction of sp³-hybridized carbons (Fsp3) is 0.600. The zero-order valence-corrected chi connectivity index (χ0v) is 12.8. The van der Waals surface area contributed by atoms with Crippen molar-refractivity contribution in [2.75, 3.05) is 0 Å². The lowest BCUT2D eigenvalue weighted by Gasteiger charge is -2.34. The quantitative estimate of drug-likeness (QED) is 0.718. The Morgan fingerprint density at radius 2 is 2.05 bits per heavy atom. The maximum Gasteiger partial charge on any atom is 0.309 e. The number of nitrogens with one attached hydrogen (secondary N) is 2. The van der Waals surface area contributed by atoms with Gasteiger partial charge in [-0.25, -0.2) is 4.98 Å². The summed E-state index contributed by atoms with van der Waals surface area (Å²) in [6.07, 6.45) is 3.89. The van der Waals surface area contributed by atoms with E-state index in [2.05, 4.69) is 15.3 Å². The zero-order chi connectivity index (χ0) is 16.3. The van der Waals surface area contributed by atoms with E-state index in [9.17, 15) is 19.5 Å². The summed E-state index contributed by atoms with van der Waals surface area (Å²) < 4.78 is 0. The van der Waals surface area contributed by atoms with Gasteiger partial charge in [0.25, 0.3) is 5.91 Å². The Hall–Kier alpha value is -2.18. The van der Waals surface area contributed by atoms with Gasteiger partial charge in [0, 0.05) is 12.5 Å². The Balaban J connectivity index is 1.98. The third-order valence-electron chi connectivity index (χ3n) is 4.39. The Morgan fingerprint density at radius 1 is 1.41 bits per heavy atom. The fourth-order valence-electron chi connectivity index (χ4n) is 2.72. The number of rotatable bonds is 5. The molecule has 1 saturated carbocycles. The highest BCUT2D eigenvalue weighted by Crippen LogP contribution is 2.36. The molecule has 120 valence electrons. The summed E-state index contributed by atoms with van der Waals surface area (Å²) in [5, 5.41) is 12.1. The lowest BCUT2D eigenvalue weighted by molar-refractivity contribution is -0.149. The normalized spacial score (nSPS) is 24.7. The van der Waals surface area contributed by atoms with Crippen LogP contribution >= 0.6 is 0 Å². The molecule has 0 radical (unpaired) electrons. The molecule has 1 aromatic rings. The molecular formula is C15H21N3O4. The highest BCUT2D eigenvalue weighted by molar-refractivity contribution is 6.05. The van der Waals surface area contributed by atoms with Crippen molar-refractivity contribution in [2.45, 2.75) is 52.0 Å². The first kappa shape index (κ1) is 16.2. The van der Waals surface area contributed by atoms with Crippen LogP contribution in [0.1, 0.15) is 66.9 Å². The molecule has 7 heteroatoms. The van der Waals surface area contributed by atoms with Crippen LogP contribution in [0.15, 0.2) is 6.33 Å². The van der Waals surface area contributed by atoms with E-state index in [-0.39, 0.29) is 35.5 Å². The van der Waals surface area contributed by atoms with Gasteiger partial charge >= 0.3 is 5.97 Å². The summed E-state index contributed by atoms with van der Waals surface area (Å²) in [5.74, 6) is -1.34. The predicted molar refractivity (Wildman–Crippen MR) is 78.7 cm³/mol. The van der Waals surface area contributed by atoms with Gasteiger partial charge in [-0.2, -0.15) is 0 Å². The highest BCUT2D eigenvalue weighted by atomic mass is 16.4. The average Bonchev–Trinajstić information content (AvgIpc) is 2.98. The number of Topliss-reactive ketones (excluding diaryl/α,β-unsaturated/α-hetero) is 1. The monoisotopic (exact) mass is 307 g/mol. The summed E-state index contributed by atoms with van der Waals surface area (Å²) in [7, 11) is 0. The molecule has 1 aliphatic carbocycles. The second kappa shape index (κ2) is 6.29. The van der Waals surface area contributed by atoms with Crippen molar-refractivity contribution in [3.8, 4) is 0 Å². The van der Waals surface area contributed by atoms with Crippen LogP contribution < -0.4 is 5.32 Å². The van der Waals surface area contributed by atoms with E-state index in [0.29, 0.717) is 25.7 Å². The summed E-state index contributed by atoms with van der Waals surface area (Å²) in [4.78, 5) is 41.8. The molecule has 3 N–H and O–H groups in total. The molecule has 0 saturated heterocycles. The highest BCUT2D eigenvalue weighted by Gasteiger charge is 2.38. The Labute approximate surface area is 128 Å². The number of hydrogen-bond donors (Lipinski definition) is 3. The van der Waals surface area contributed by atoms with Gasteiger partial charge in [-0.1, -0.05) is 6.92 Å². The second-order valence-corrected chi connectivity index (χ2v) is 6.02. The first-order chi connectivity index (χ1) is 10.4. The number of hydrogen-bond acceptors (Lipinski definition) is 4. The van der Waals surface area contributed by atoms with Crippen LogP contribution in [0.4, 0.5) is 0 Å². The number of aromatic amines is 1. The largest absolute Gasteiger partial charge is 0.481 e. The molecule has 1 fully saturated rings. The van der Waals surface area contributed by atoms with Crippen LogP contribution in [0.3, 0.4) is 0 Å². The van der Waals surface area contributed by atoms with Crippen LogP contribution in [0, 0.1) is 5.41 Å². The summed E-state index contributed by atoms with van der Waals surface area (Å²) in [6, 6.07) is -0.0761. The smallest absolute Gasteiger partial charge is 0.309 e. The summed E-state index contributed by atoms with van der Waals surface area (Å²) in [6.45, 7) is 3.45. The zero-order valence-electron chi connectivity index (χ0n) is 12.8. The predicted octanol–water partition coefficient (Wildman–Crippen LogP) is 1.77. The van der Waals surface area contributed by atoms with Gasteiger partial charge in [0.1, 0.15) is 11.4 Å². The van der Waals surface area contributed by atoms with E-state index in [1.54, 1.807) is 13.8 Å². The number of aromatic nitrogens is 2. The van der Waals surface area contributed by atoms with E-state index in [1.807, 2.05) is 0 Å². The Kier molecular flexibility index (Phi) is 4.63. The van der Waals surface area contributed by atoms with Gasteiger partial charge in [-0.15, -0.1) is 0 Å². The SMILES string of the molecule is CCC(=O)c1nc[nH]c1C(=O)NC1CCC(C)(C(=O)O)CC1. The van der Waals surface area contributed by atoms with Gasteiger partial charge in [0.15, 0.2) is 5.78 Å². The lowest BCUT2D eigenvalue weighted by atomic mass is 9.74. The van der Waals surface area contributed by atoms with E-state index < -0.39 is 11.4 Å². The number of aliphatic carboxylic acids is 1. The maximum absolute atomic E-state index is 12.3. The number of carbonyl (C=O) groups is 3. The molecule has 2 rings (SSSR count). The van der Waals surface area contributed by atoms with Gasteiger partial charge < -0.3 is 15.4 Å². The van der Waals surface area contributed by atoms with Crippen LogP contribution in [0.2, 0.25) is 0 Å². The minimum absolute atomic E-state index is 0.0761. The van der Waals surface area contributed by atoms with E-state index in [4.69, 9.17) is 0 Å². The van der Waals surface area contributed by atoms with Crippen molar-refractivity contribution in [3.05, 3.63) is 17.7 Å². The first-order valence-electron chi connectivity index (χ1n) is 7.48. The minimum Gasteiger partial charge on any atom is -0.481 e. The van der Waals surface area contributed by atoms with Gasteiger partial charge in [0.2, 0.25) is 0 Å². The van der Waals surface area contributed by atoms with Crippen LogP contribution in [-0.4, -0.2) is 38.8 Å². The minimum atomic E-state index is -0.790. The lowest BCUT2D eigenvalue weighted by Crippen LogP contribution is -2.42. The van der Waals surface area contributed by atoms with Crippen LogP contribution in [0.25, 0.3) is 0 Å². The molecule has 22 heavy (non-hydrogen) atoms. The maximum atomic E-state index is 12.3. The van der Waals surface area contributed by atoms with Crippen molar-refractivity contribution in [3.63, 3.8) is 0 Å². The van der Waals surface area contributed by atoms with Crippen LogP contribution in [-0.2, 0) is 4.79 Å². The number of carbonyl (C=O) groups excluding carboxylic acids is 2. The molecule has 1 aliphatic rings. The number of nitrogens with zero attached hydrogens (tertiary/aromatic N) is 1. The average molecular weight is 307 g/mol. The molecule has 0 aromatic carbocycles. The van der Waals surface area contributed by atoms with E-state index >= 15 is 0 Å². The van der Waals surface area contributed by atoms with Crippen molar-refractivity contribution in [1.29, 1.82) is 0 Å². The standard InChI is InChI=1S/C15H21N3O4/c1-3-10(19)11-12(17-8-16-11)13(20)18-9-4-6-15(2,7-5-9)14(21)22/h8-9H,3-7H2,1-2H3,(H,16,17)(H,18,20)(H,21,22). The Bertz CT molecular complexity index is 585. The number of ketones is 1. The molecule has 0 aliphatic heterocycles. The number of amides is 1. The summed E-state index contributed by atoms with van der Waals surface area (Å²) >= 11 is 0. The topological polar surface area (TPSA) is 112 Å². The van der Waals surface area contributed by atoms with Gasteiger partial charge in [-0.3, -0.25) is 14.4 Å². The van der Waals surface area contributed by atoms with Crippen molar-refractivity contribution >= 4 is 17.7 Å². The number of H-pyrrole nitrogens is 1. The summed E-state index contributed by atoms with van der Waals surface area (Å²) in [5.41, 5.74) is -0.372.